The number of amides is 2. The fraction of sp³-hybridized carbons (Fsp3) is 0.316. The summed E-state index contributed by atoms with van der Waals surface area (Å²) in [5.41, 5.74) is 0.606. The Labute approximate surface area is 163 Å². The van der Waals surface area contributed by atoms with Crippen molar-refractivity contribution in [1.82, 2.24) is 19.9 Å². The van der Waals surface area contributed by atoms with Gasteiger partial charge in [-0.1, -0.05) is 23.4 Å². The lowest BCUT2D eigenvalue weighted by Gasteiger charge is -2.34. The Balaban J connectivity index is 1.36. The van der Waals surface area contributed by atoms with E-state index < -0.39 is 23.5 Å². The summed E-state index contributed by atoms with van der Waals surface area (Å²) < 4.78 is 42.4. The molecule has 2 amide bonds. The highest BCUT2D eigenvalue weighted by Gasteiger charge is 2.37. The molecule has 0 radical (unpaired) electrons. The summed E-state index contributed by atoms with van der Waals surface area (Å²) in [7, 11) is 0. The van der Waals surface area contributed by atoms with Crippen LogP contribution in [0.25, 0.3) is 10.9 Å². The molecular formula is C19H17F3N4O3. The maximum absolute atomic E-state index is 12.6. The number of nitrogens with one attached hydrogen (secondary N) is 1. The number of hydrogen-bond donors (Lipinski definition) is 1. The topological polar surface area (TPSA) is 82.4 Å². The summed E-state index contributed by atoms with van der Waals surface area (Å²) in [6.45, 7) is 1.02. The minimum Gasteiger partial charge on any atom is -0.361 e. The lowest BCUT2D eigenvalue weighted by Crippen LogP contribution is -2.50. The number of aromatic nitrogens is 2. The van der Waals surface area contributed by atoms with Gasteiger partial charge in [0.15, 0.2) is 5.69 Å². The Bertz CT molecular complexity index is 1050. The molecule has 3 heterocycles. The van der Waals surface area contributed by atoms with Gasteiger partial charge in [-0.3, -0.25) is 9.59 Å². The van der Waals surface area contributed by atoms with E-state index >= 15 is 0 Å². The average molecular weight is 406 g/mol. The van der Waals surface area contributed by atoms with Crippen molar-refractivity contribution >= 4 is 22.7 Å². The first kappa shape index (κ1) is 19.0. The summed E-state index contributed by atoms with van der Waals surface area (Å²) in [6.07, 6.45) is -2.63. The number of hydrogen-bond acceptors (Lipinski definition) is 4. The van der Waals surface area contributed by atoms with Crippen LogP contribution in [0.15, 0.2) is 41.1 Å². The smallest absolute Gasteiger partial charge is 0.361 e. The van der Waals surface area contributed by atoms with Crippen LogP contribution in [0, 0.1) is 0 Å². The number of nitrogens with zero attached hydrogens (tertiary/aromatic N) is 3. The SMILES string of the molecule is O=C(Cc1c[nH]c2ccccc12)N1CCN(C(=O)c2cc(C(F)(F)F)no2)CC1. The summed E-state index contributed by atoms with van der Waals surface area (Å²) in [4.78, 5) is 31.1. The molecule has 0 unspecified atom stereocenters. The number of carbonyl (C=O) groups is 2. The van der Waals surface area contributed by atoms with E-state index in [-0.39, 0.29) is 25.4 Å². The first-order valence-corrected chi connectivity index (χ1v) is 8.99. The first-order valence-electron chi connectivity index (χ1n) is 8.99. The fourth-order valence-electron chi connectivity index (χ4n) is 3.38. The van der Waals surface area contributed by atoms with Gasteiger partial charge in [0.2, 0.25) is 11.7 Å². The summed E-state index contributed by atoms with van der Waals surface area (Å²) >= 11 is 0. The number of halogens is 3. The molecule has 29 heavy (non-hydrogen) atoms. The molecule has 1 aliphatic heterocycles. The number of fused-ring (bicyclic) bond motifs is 1. The average Bonchev–Trinajstić information content (AvgIpc) is 3.35. The van der Waals surface area contributed by atoms with E-state index in [4.69, 9.17) is 0 Å². The number of benzene rings is 1. The summed E-state index contributed by atoms with van der Waals surface area (Å²) in [6, 6.07) is 8.28. The van der Waals surface area contributed by atoms with Crippen LogP contribution < -0.4 is 0 Å². The van der Waals surface area contributed by atoms with Crippen LogP contribution >= 0.6 is 0 Å². The van der Waals surface area contributed by atoms with Crippen molar-refractivity contribution in [3.05, 3.63) is 53.5 Å². The number of piperazine rings is 1. The lowest BCUT2D eigenvalue weighted by molar-refractivity contribution is -0.142. The predicted octanol–water partition coefficient (Wildman–Crippen LogP) is 2.70. The molecule has 1 fully saturated rings. The number of rotatable bonds is 3. The number of H-pyrrole nitrogens is 1. The molecule has 0 bridgehead atoms. The summed E-state index contributed by atoms with van der Waals surface area (Å²) in [5.74, 6) is -1.20. The molecule has 0 aliphatic carbocycles. The van der Waals surface area contributed by atoms with Crippen LogP contribution in [-0.4, -0.2) is 57.9 Å². The number of carbonyl (C=O) groups excluding carboxylic acids is 2. The van der Waals surface area contributed by atoms with E-state index in [1.165, 1.54) is 4.90 Å². The molecule has 1 N–H and O–H groups in total. The second-order valence-corrected chi connectivity index (χ2v) is 6.78. The van der Waals surface area contributed by atoms with Crippen LogP contribution in [0.2, 0.25) is 0 Å². The second kappa shape index (κ2) is 7.26. The molecule has 10 heteroatoms. The van der Waals surface area contributed by atoms with E-state index in [1.807, 2.05) is 30.5 Å². The van der Waals surface area contributed by atoms with Crippen molar-refractivity contribution in [3.63, 3.8) is 0 Å². The Morgan fingerprint density at radius 3 is 2.48 bits per heavy atom. The van der Waals surface area contributed by atoms with Gasteiger partial charge >= 0.3 is 6.18 Å². The minimum absolute atomic E-state index is 0.0686. The Hall–Kier alpha value is -3.30. The standard InChI is InChI=1S/C19H17F3N4O3/c20-19(21,22)16-10-15(29-24-16)18(28)26-7-5-25(6-8-26)17(27)9-12-11-23-14-4-2-1-3-13(12)14/h1-4,10-11,23H,5-9H2. The predicted molar refractivity (Wildman–Crippen MR) is 96.0 cm³/mol. The quantitative estimate of drug-likeness (QED) is 0.725. The maximum atomic E-state index is 12.6. The van der Waals surface area contributed by atoms with Crippen molar-refractivity contribution in [2.75, 3.05) is 26.2 Å². The third-order valence-corrected chi connectivity index (χ3v) is 4.95. The molecule has 3 aromatic rings. The third-order valence-electron chi connectivity index (χ3n) is 4.95. The van der Waals surface area contributed by atoms with Gasteiger partial charge in [-0.05, 0) is 11.6 Å². The van der Waals surface area contributed by atoms with E-state index in [9.17, 15) is 22.8 Å². The Morgan fingerprint density at radius 2 is 1.79 bits per heavy atom. The van der Waals surface area contributed by atoms with E-state index in [0.29, 0.717) is 19.2 Å². The van der Waals surface area contributed by atoms with Gasteiger partial charge in [-0.15, -0.1) is 0 Å². The molecule has 152 valence electrons. The van der Waals surface area contributed by atoms with Crippen molar-refractivity contribution in [2.45, 2.75) is 12.6 Å². The van der Waals surface area contributed by atoms with Crippen molar-refractivity contribution in [1.29, 1.82) is 0 Å². The van der Waals surface area contributed by atoms with Crippen molar-refractivity contribution < 1.29 is 27.3 Å². The van der Waals surface area contributed by atoms with Crippen LogP contribution in [0.3, 0.4) is 0 Å². The van der Waals surface area contributed by atoms with Crippen LogP contribution in [0.1, 0.15) is 21.8 Å². The zero-order chi connectivity index (χ0) is 20.6. The normalized spacial score (nSPS) is 15.1. The van der Waals surface area contributed by atoms with Crippen molar-refractivity contribution in [3.8, 4) is 0 Å². The zero-order valence-corrected chi connectivity index (χ0v) is 15.2. The Kier molecular flexibility index (Phi) is 4.77. The van der Waals surface area contributed by atoms with E-state index in [0.717, 1.165) is 16.5 Å². The Morgan fingerprint density at radius 1 is 1.10 bits per heavy atom. The van der Waals surface area contributed by atoms with Gasteiger partial charge in [0.05, 0.1) is 6.42 Å². The van der Waals surface area contributed by atoms with Crippen molar-refractivity contribution in [2.24, 2.45) is 0 Å². The van der Waals surface area contributed by atoms with Crippen LogP contribution in [-0.2, 0) is 17.4 Å². The number of alkyl halides is 3. The first-order chi connectivity index (χ1) is 13.8. The zero-order valence-electron chi connectivity index (χ0n) is 15.2. The van der Waals surface area contributed by atoms with E-state index in [2.05, 4.69) is 14.7 Å². The number of para-hydroxylation sites is 1. The molecular weight excluding hydrogens is 389 g/mol. The number of aromatic amines is 1. The summed E-state index contributed by atoms with van der Waals surface area (Å²) in [5, 5.41) is 3.88. The molecule has 7 nitrogen and oxygen atoms in total. The van der Waals surface area contributed by atoms with Gasteiger partial charge in [0, 0.05) is 49.3 Å². The molecule has 1 aliphatic rings. The maximum Gasteiger partial charge on any atom is 0.436 e. The minimum atomic E-state index is -4.67. The third kappa shape index (κ3) is 3.82. The van der Waals surface area contributed by atoms with Gasteiger partial charge in [0.25, 0.3) is 5.91 Å². The molecule has 4 rings (SSSR count). The fourth-order valence-corrected chi connectivity index (χ4v) is 3.38. The lowest BCUT2D eigenvalue weighted by atomic mass is 10.1. The monoisotopic (exact) mass is 406 g/mol. The van der Waals surface area contributed by atoms with Gasteiger partial charge in [-0.25, -0.2) is 0 Å². The molecule has 2 aromatic heterocycles. The highest BCUT2D eigenvalue weighted by Crippen LogP contribution is 2.29. The van der Waals surface area contributed by atoms with E-state index in [1.54, 1.807) is 4.90 Å². The molecule has 0 spiro atoms. The molecule has 0 atom stereocenters. The largest absolute Gasteiger partial charge is 0.436 e. The molecule has 1 saturated heterocycles. The molecule has 1 aromatic carbocycles. The van der Waals surface area contributed by atoms with Gasteiger partial charge < -0.3 is 19.3 Å². The van der Waals surface area contributed by atoms with Gasteiger partial charge in [-0.2, -0.15) is 13.2 Å². The highest BCUT2D eigenvalue weighted by atomic mass is 19.4. The highest BCUT2D eigenvalue weighted by molar-refractivity contribution is 5.92. The van der Waals surface area contributed by atoms with Gasteiger partial charge in [0.1, 0.15) is 0 Å². The second-order valence-electron chi connectivity index (χ2n) is 6.78. The van der Waals surface area contributed by atoms with Crippen LogP contribution in [0.5, 0.6) is 0 Å². The molecule has 0 saturated carbocycles. The van der Waals surface area contributed by atoms with Crippen LogP contribution in [0.4, 0.5) is 13.2 Å².